The van der Waals surface area contributed by atoms with Gasteiger partial charge in [0.2, 0.25) is 0 Å². The first-order chi connectivity index (χ1) is 9.89. The molecule has 0 aliphatic carbocycles. The van der Waals surface area contributed by atoms with Gasteiger partial charge in [0.15, 0.2) is 0 Å². The second-order valence-electron chi connectivity index (χ2n) is 7.71. The molecule has 0 atom stereocenters. The third kappa shape index (κ3) is 8.26. The molecule has 0 spiro atoms. The van der Waals surface area contributed by atoms with Crippen LogP contribution in [-0.4, -0.2) is 13.1 Å². The van der Waals surface area contributed by atoms with Gasteiger partial charge in [0.1, 0.15) is 0 Å². The number of unbranched alkanes of at least 4 members (excludes halogenated alkanes) is 3. The summed E-state index contributed by atoms with van der Waals surface area (Å²) in [7, 11) is 0. The molecular formula is C20H35N. The topological polar surface area (TPSA) is 12.0 Å². The van der Waals surface area contributed by atoms with Gasteiger partial charge in [-0.3, -0.25) is 0 Å². The van der Waals surface area contributed by atoms with Gasteiger partial charge in [-0.05, 0) is 54.8 Å². The van der Waals surface area contributed by atoms with Crippen LogP contribution in [0.2, 0.25) is 0 Å². The molecule has 0 aliphatic rings. The predicted molar refractivity (Wildman–Crippen MR) is 95.0 cm³/mol. The van der Waals surface area contributed by atoms with E-state index in [1.54, 1.807) is 0 Å². The first-order valence-electron chi connectivity index (χ1n) is 8.69. The molecule has 0 saturated heterocycles. The van der Waals surface area contributed by atoms with Crippen LogP contribution in [0.4, 0.5) is 0 Å². The average Bonchev–Trinajstić information content (AvgIpc) is 2.41. The molecule has 120 valence electrons. The van der Waals surface area contributed by atoms with E-state index in [1.165, 1.54) is 49.8 Å². The molecule has 0 heterocycles. The van der Waals surface area contributed by atoms with Crippen LogP contribution in [0.5, 0.6) is 0 Å². The van der Waals surface area contributed by atoms with Gasteiger partial charge in [0, 0.05) is 0 Å². The van der Waals surface area contributed by atoms with Crippen LogP contribution in [0.15, 0.2) is 24.3 Å². The van der Waals surface area contributed by atoms with Crippen molar-refractivity contribution < 1.29 is 0 Å². The maximum absolute atomic E-state index is 3.51. The lowest BCUT2D eigenvalue weighted by molar-refractivity contribution is 0.526. The number of hydrogen-bond donors (Lipinski definition) is 1. The summed E-state index contributed by atoms with van der Waals surface area (Å²) in [5, 5.41) is 3.51. The number of benzene rings is 1. The van der Waals surface area contributed by atoms with Crippen molar-refractivity contribution in [3.05, 3.63) is 35.4 Å². The van der Waals surface area contributed by atoms with E-state index in [0.717, 1.165) is 12.5 Å². The minimum atomic E-state index is 0.265. The molecule has 1 nitrogen and oxygen atoms in total. The second kappa shape index (κ2) is 9.25. The largest absolute Gasteiger partial charge is 0.316 e. The van der Waals surface area contributed by atoms with Crippen molar-refractivity contribution in [3.63, 3.8) is 0 Å². The Morgan fingerprint density at radius 2 is 1.52 bits per heavy atom. The molecule has 1 rings (SSSR count). The van der Waals surface area contributed by atoms with Crippen LogP contribution in [0, 0.1) is 5.92 Å². The maximum Gasteiger partial charge on any atom is -0.00258 e. The fourth-order valence-electron chi connectivity index (χ4n) is 2.49. The molecule has 21 heavy (non-hydrogen) atoms. The van der Waals surface area contributed by atoms with Crippen LogP contribution < -0.4 is 5.32 Å². The van der Waals surface area contributed by atoms with E-state index in [9.17, 15) is 0 Å². The Labute approximate surface area is 132 Å². The first kappa shape index (κ1) is 18.2. The quantitative estimate of drug-likeness (QED) is 0.606. The van der Waals surface area contributed by atoms with E-state index in [0.29, 0.717) is 0 Å². The summed E-state index contributed by atoms with van der Waals surface area (Å²) in [4.78, 5) is 0. The Kier molecular flexibility index (Phi) is 8.03. The molecule has 0 saturated carbocycles. The molecular weight excluding hydrogens is 254 g/mol. The normalized spacial score (nSPS) is 12.1. The zero-order valence-electron chi connectivity index (χ0n) is 14.8. The van der Waals surface area contributed by atoms with Crippen molar-refractivity contribution in [1.82, 2.24) is 5.32 Å². The predicted octanol–water partition coefficient (Wildman–Crippen LogP) is 5.33. The standard InChI is InChI=1S/C20H35N/c1-17(2)16-21-15-9-7-6-8-10-18-11-13-19(14-12-18)20(3,4)5/h11-14,17,21H,6-10,15-16H2,1-5H3. The second-order valence-corrected chi connectivity index (χ2v) is 7.71. The van der Waals surface area contributed by atoms with Crippen molar-refractivity contribution >= 4 is 0 Å². The van der Waals surface area contributed by atoms with Gasteiger partial charge in [-0.2, -0.15) is 0 Å². The zero-order valence-corrected chi connectivity index (χ0v) is 14.8. The van der Waals surface area contributed by atoms with Crippen LogP contribution in [0.25, 0.3) is 0 Å². The summed E-state index contributed by atoms with van der Waals surface area (Å²) in [6.45, 7) is 13.7. The lowest BCUT2D eigenvalue weighted by atomic mass is 9.86. The molecule has 1 N–H and O–H groups in total. The summed E-state index contributed by atoms with van der Waals surface area (Å²) in [5.41, 5.74) is 3.19. The lowest BCUT2D eigenvalue weighted by Gasteiger charge is -2.19. The molecule has 0 fully saturated rings. The fraction of sp³-hybridized carbons (Fsp3) is 0.700. The minimum Gasteiger partial charge on any atom is -0.316 e. The van der Waals surface area contributed by atoms with Gasteiger partial charge in [-0.15, -0.1) is 0 Å². The highest BCUT2D eigenvalue weighted by Gasteiger charge is 2.12. The van der Waals surface area contributed by atoms with E-state index in [2.05, 4.69) is 64.2 Å². The van der Waals surface area contributed by atoms with Gasteiger partial charge in [0.05, 0.1) is 0 Å². The molecule has 1 heteroatoms. The van der Waals surface area contributed by atoms with E-state index in [-0.39, 0.29) is 5.41 Å². The van der Waals surface area contributed by atoms with Gasteiger partial charge in [-0.1, -0.05) is 71.7 Å². The highest BCUT2D eigenvalue weighted by Crippen LogP contribution is 2.22. The summed E-state index contributed by atoms with van der Waals surface area (Å²) in [6.07, 6.45) is 6.56. The van der Waals surface area contributed by atoms with Gasteiger partial charge < -0.3 is 5.32 Å². The van der Waals surface area contributed by atoms with Crippen LogP contribution in [0.3, 0.4) is 0 Å². The van der Waals surface area contributed by atoms with E-state index >= 15 is 0 Å². The summed E-state index contributed by atoms with van der Waals surface area (Å²) in [6, 6.07) is 9.21. The summed E-state index contributed by atoms with van der Waals surface area (Å²) >= 11 is 0. The molecule has 0 bridgehead atoms. The van der Waals surface area contributed by atoms with Crippen molar-refractivity contribution in [2.75, 3.05) is 13.1 Å². The average molecular weight is 290 g/mol. The maximum atomic E-state index is 3.51. The SMILES string of the molecule is CC(C)CNCCCCCCc1ccc(C(C)(C)C)cc1. The van der Waals surface area contributed by atoms with Gasteiger partial charge >= 0.3 is 0 Å². The molecule has 0 aromatic heterocycles. The van der Waals surface area contributed by atoms with Gasteiger partial charge in [0.25, 0.3) is 0 Å². The highest BCUT2D eigenvalue weighted by molar-refractivity contribution is 5.27. The Balaban J connectivity index is 2.10. The summed E-state index contributed by atoms with van der Waals surface area (Å²) in [5.74, 6) is 0.765. The Morgan fingerprint density at radius 1 is 0.905 bits per heavy atom. The first-order valence-corrected chi connectivity index (χ1v) is 8.69. The fourth-order valence-corrected chi connectivity index (χ4v) is 2.49. The smallest absolute Gasteiger partial charge is 0.00258 e. The third-order valence-electron chi connectivity index (χ3n) is 3.94. The molecule has 1 aromatic rings. The lowest BCUT2D eigenvalue weighted by Crippen LogP contribution is -2.20. The molecule has 0 unspecified atom stereocenters. The molecule has 0 radical (unpaired) electrons. The van der Waals surface area contributed by atoms with Crippen molar-refractivity contribution in [2.45, 2.75) is 72.1 Å². The van der Waals surface area contributed by atoms with Gasteiger partial charge in [-0.25, -0.2) is 0 Å². The molecule has 0 amide bonds. The Hall–Kier alpha value is -0.820. The number of rotatable bonds is 9. The monoisotopic (exact) mass is 289 g/mol. The number of aryl methyl sites for hydroxylation is 1. The van der Waals surface area contributed by atoms with Crippen molar-refractivity contribution in [2.24, 2.45) is 5.92 Å². The number of hydrogen-bond acceptors (Lipinski definition) is 1. The van der Waals surface area contributed by atoms with Crippen molar-refractivity contribution in [1.29, 1.82) is 0 Å². The Morgan fingerprint density at radius 3 is 2.10 bits per heavy atom. The zero-order chi connectivity index (χ0) is 15.7. The Bertz CT molecular complexity index is 370. The van der Waals surface area contributed by atoms with E-state index in [4.69, 9.17) is 0 Å². The molecule has 0 aliphatic heterocycles. The highest BCUT2D eigenvalue weighted by atomic mass is 14.8. The van der Waals surface area contributed by atoms with Crippen molar-refractivity contribution in [3.8, 4) is 0 Å². The van der Waals surface area contributed by atoms with E-state index < -0.39 is 0 Å². The molecule has 1 aromatic carbocycles. The van der Waals surface area contributed by atoms with Crippen LogP contribution >= 0.6 is 0 Å². The third-order valence-corrected chi connectivity index (χ3v) is 3.94. The van der Waals surface area contributed by atoms with Crippen LogP contribution in [0.1, 0.15) is 71.4 Å². The van der Waals surface area contributed by atoms with Crippen LogP contribution in [-0.2, 0) is 11.8 Å². The number of nitrogens with one attached hydrogen (secondary N) is 1. The minimum absolute atomic E-state index is 0.265. The van der Waals surface area contributed by atoms with E-state index in [1.807, 2.05) is 0 Å². The summed E-state index contributed by atoms with van der Waals surface area (Å²) < 4.78 is 0.